The average molecular weight is 357 g/mol. The van der Waals surface area contributed by atoms with E-state index in [4.69, 9.17) is 0 Å². The van der Waals surface area contributed by atoms with E-state index in [1.807, 2.05) is 5.57 Å². The molecule has 148 valence electrons. The molecule has 0 amide bonds. The molecule has 3 saturated carbocycles. The molecule has 26 heavy (non-hydrogen) atoms. The number of fused-ring (bicyclic) bond motifs is 5. The van der Waals surface area contributed by atoms with Crippen molar-refractivity contribution in [2.24, 2.45) is 46.8 Å². The first kappa shape index (κ1) is 19.1. The van der Waals surface area contributed by atoms with Crippen LogP contribution in [0.3, 0.4) is 0 Å². The van der Waals surface area contributed by atoms with Gasteiger partial charge >= 0.3 is 0 Å². The second-order valence-corrected chi connectivity index (χ2v) is 11.3. The quantitative estimate of drug-likeness (QED) is 0.437. The molecule has 0 aromatic carbocycles. The predicted molar refractivity (Wildman–Crippen MR) is 113 cm³/mol. The van der Waals surface area contributed by atoms with Crippen LogP contribution in [0, 0.1) is 46.8 Å². The Morgan fingerprint density at radius 3 is 2.65 bits per heavy atom. The van der Waals surface area contributed by atoms with Crippen molar-refractivity contribution in [3.8, 4) is 0 Å². The lowest BCUT2D eigenvalue weighted by Gasteiger charge is -2.54. The van der Waals surface area contributed by atoms with Crippen LogP contribution in [0.5, 0.6) is 0 Å². The lowest BCUT2D eigenvalue weighted by atomic mass is 9.51. The van der Waals surface area contributed by atoms with Crippen LogP contribution < -0.4 is 0 Å². The van der Waals surface area contributed by atoms with E-state index in [1.54, 1.807) is 19.3 Å². The topological polar surface area (TPSA) is 0 Å². The first-order chi connectivity index (χ1) is 12.5. The zero-order valence-electron chi connectivity index (χ0n) is 18.1. The van der Waals surface area contributed by atoms with Crippen LogP contribution >= 0.6 is 0 Å². The number of hydrogen-bond acceptors (Lipinski definition) is 0. The molecule has 0 aromatic heterocycles. The zero-order valence-corrected chi connectivity index (χ0v) is 18.1. The first-order valence-corrected chi connectivity index (χ1v) is 12.2. The Hall–Kier alpha value is -0.260. The average Bonchev–Trinajstić information content (AvgIpc) is 2.98. The SMILES string of the molecule is CC(C)CCCC(C)C1CCC2C3CC=C4CCCCC4C3CCC12C. The van der Waals surface area contributed by atoms with Crippen molar-refractivity contribution < 1.29 is 0 Å². The molecule has 4 aliphatic rings. The third-order valence-corrected chi connectivity index (χ3v) is 9.57. The van der Waals surface area contributed by atoms with Gasteiger partial charge in [-0.2, -0.15) is 0 Å². The Kier molecular flexibility index (Phi) is 5.60. The van der Waals surface area contributed by atoms with E-state index in [9.17, 15) is 0 Å². The van der Waals surface area contributed by atoms with Crippen molar-refractivity contribution in [1.29, 1.82) is 0 Å². The summed E-state index contributed by atoms with van der Waals surface area (Å²) in [4.78, 5) is 0. The van der Waals surface area contributed by atoms with Gasteiger partial charge in [-0.05, 0) is 98.2 Å². The van der Waals surface area contributed by atoms with Crippen LogP contribution in [-0.2, 0) is 0 Å². The Labute approximate surface area is 163 Å². The molecule has 0 spiro atoms. The normalized spacial score (nSPS) is 43.4. The van der Waals surface area contributed by atoms with E-state index in [0.29, 0.717) is 5.41 Å². The van der Waals surface area contributed by atoms with Crippen molar-refractivity contribution in [2.75, 3.05) is 0 Å². The van der Waals surface area contributed by atoms with Crippen LogP contribution in [-0.4, -0.2) is 0 Å². The van der Waals surface area contributed by atoms with Crippen LogP contribution in [0.2, 0.25) is 0 Å². The molecule has 0 saturated heterocycles. The minimum absolute atomic E-state index is 0.665. The molecule has 0 heterocycles. The number of allylic oxidation sites excluding steroid dienone is 2. The van der Waals surface area contributed by atoms with Gasteiger partial charge in [-0.25, -0.2) is 0 Å². The maximum absolute atomic E-state index is 2.73. The van der Waals surface area contributed by atoms with Crippen LogP contribution in [0.15, 0.2) is 11.6 Å². The summed E-state index contributed by atoms with van der Waals surface area (Å²) in [5.41, 5.74) is 2.55. The maximum atomic E-state index is 2.73. The smallest absolute Gasteiger partial charge is 0.0172 e. The van der Waals surface area contributed by atoms with Gasteiger partial charge in [0.2, 0.25) is 0 Å². The van der Waals surface area contributed by atoms with Gasteiger partial charge in [0.25, 0.3) is 0 Å². The predicted octanol–water partition coefficient (Wildman–Crippen LogP) is 8.03. The summed E-state index contributed by atoms with van der Waals surface area (Å²) in [5, 5.41) is 0. The van der Waals surface area contributed by atoms with E-state index >= 15 is 0 Å². The minimum atomic E-state index is 0.665. The fourth-order valence-electron chi connectivity index (χ4n) is 8.27. The molecule has 0 nitrogen and oxygen atoms in total. The molecule has 0 radical (unpaired) electrons. The van der Waals surface area contributed by atoms with Crippen LogP contribution in [0.1, 0.15) is 105 Å². The molecule has 4 aliphatic carbocycles. The van der Waals surface area contributed by atoms with Gasteiger partial charge in [0.1, 0.15) is 0 Å². The van der Waals surface area contributed by atoms with Crippen molar-refractivity contribution in [3.63, 3.8) is 0 Å². The monoisotopic (exact) mass is 356 g/mol. The summed E-state index contributed by atoms with van der Waals surface area (Å²) >= 11 is 0. The Morgan fingerprint density at radius 2 is 1.85 bits per heavy atom. The van der Waals surface area contributed by atoms with Gasteiger partial charge < -0.3 is 0 Å². The van der Waals surface area contributed by atoms with Gasteiger partial charge in [0.15, 0.2) is 0 Å². The molecular weight excluding hydrogens is 312 g/mol. The second-order valence-electron chi connectivity index (χ2n) is 11.3. The Morgan fingerprint density at radius 1 is 1.00 bits per heavy atom. The fourth-order valence-corrected chi connectivity index (χ4v) is 8.27. The van der Waals surface area contributed by atoms with Gasteiger partial charge in [-0.1, -0.05) is 65.0 Å². The van der Waals surface area contributed by atoms with E-state index in [0.717, 1.165) is 41.4 Å². The first-order valence-electron chi connectivity index (χ1n) is 12.2. The van der Waals surface area contributed by atoms with E-state index in [1.165, 1.54) is 57.8 Å². The molecule has 0 bridgehead atoms. The van der Waals surface area contributed by atoms with Crippen molar-refractivity contribution in [1.82, 2.24) is 0 Å². The molecular formula is C26H44. The molecule has 7 atom stereocenters. The lowest BCUT2D eigenvalue weighted by Crippen LogP contribution is -2.46. The fraction of sp³-hybridized carbons (Fsp3) is 0.923. The Bertz CT molecular complexity index is 514. The van der Waals surface area contributed by atoms with Gasteiger partial charge in [-0.3, -0.25) is 0 Å². The highest BCUT2D eigenvalue weighted by Crippen LogP contribution is 2.64. The summed E-state index contributed by atoms with van der Waals surface area (Å²) in [7, 11) is 0. The number of rotatable bonds is 5. The molecule has 7 unspecified atom stereocenters. The summed E-state index contributed by atoms with van der Waals surface area (Å²) in [6, 6.07) is 0. The summed E-state index contributed by atoms with van der Waals surface area (Å²) in [5.74, 6) is 6.97. The van der Waals surface area contributed by atoms with Gasteiger partial charge in [0.05, 0.1) is 0 Å². The zero-order chi connectivity index (χ0) is 18.3. The largest absolute Gasteiger partial charge is 0.0847 e. The summed E-state index contributed by atoms with van der Waals surface area (Å²) in [6.07, 6.45) is 20.6. The molecule has 0 N–H and O–H groups in total. The van der Waals surface area contributed by atoms with E-state index in [2.05, 4.69) is 33.8 Å². The van der Waals surface area contributed by atoms with Crippen molar-refractivity contribution in [3.05, 3.63) is 11.6 Å². The van der Waals surface area contributed by atoms with Crippen LogP contribution in [0.25, 0.3) is 0 Å². The minimum Gasteiger partial charge on any atom is -0.0847 e. The van der Waals surface area contributed by atoms with E-state index < -0.39 is 0 Å². The van der Waals surface area contributed by atoms with Gasteiger partial charge in [0, 0.05) is 0 Å². The summed E-state index contributed by atoms with van der Waals surface area (Å²) in [6.45, 7) is 10.1. The molecule has 0 heteroatoms. The molecule has 3 fully saturated rings. The molecule has 0 aliphatic heterocycles. The third kappa shape index (κ3) is 3.33. The maximum Gasteiger partial charge on any atom is -0.0172 e. The van der Waals surface area contributed by atoms with Gasteiger partial charge in [-0.15, -0.1) is 0 Å². The van der Waals surface area contributed by atoms with Crippen molar-refractivity contribution >= 4 is 0 Å². The molecule has 4 rings (SSSR count). The Balaban J connectivity index is 1.45. The second kappa shape index (κ2) is 7.63. The third-order valence-electron chi connectivity index (χ3n) is 9.57. The summed E-state index contributed by atoms with van der Waals surface area (Å²) < 4.78 is 0. The lowest BCUT2D eigenvalue weighted by molar-refractivity contribution is -0.0247. The standard InChI is InChI=1S/C26H44/c1-18(2)8-7-9-19(3)24-14-15-25-23-13-12-20-10-5-6-11-21(20)22(23)16-17-26(24,25)4/h12,18-19,21-25H,5-11,13-17H2,1-4H3. The van der Waals surface area contributed by atoms with Crippen LogP contribution in [0.4, 0.5) is 0 Å². The highest BCUT2D eigenvalue weighted by molar-refractivity contribution is 5.19. The molecule has 0 aromatic rings. The number of hydrogen-bond donors (Lipinski definition) is 0. The van der Waals surface area contributed by atoms with Crippen molar-refractivity contribution in [2.45, 2.75) is 105 Å². The highest BCUT2D eigenvalue weighted by Gasteiger charge is 2.56. The van der Waals surface area contributed by atoms with E-state index in [-0.39, 0.29) is 0 Å². The highest BCUT2D eigenvalue weighted by atomic mass is 14.6.